The third kappa shape index (κ3) is 3.08. The second-order valence-corrected chi connectivity index (χ2v) is 5.90. The molecule has 0 saturated carbocycles. The van der Waals surface area contributed by atoms with Crippen molar-refractivity contribution in [2.45, 2.75) is 27.2 Å². The highest BCUT2D eigenvalue weighted by Crippen LogP contribution is 2.23. The number of nitrogens with one attached hydrogen (secondary N) is 1. The molecule has 2 aromatic heterocycles. The molecule has 0 fully saturated rings. The van der Waals surface area contributed by atoms with Crippen LogP contribution in [0.15, 0.2) is 40.8 Å². The Labute approximate surface area is 145 Å². The van der Waals surface area contributed by atoms with Crippen molar-refractivity contribution < 1.29 is 9.21 Å². The quantitative estimate of drug-likeness (QED) is 0.756. The van der Waals surface area contributed by atoms with E-state index in [-0.39, 0.29) is 5.91 Å². The number of rotatable bonds is 4. The number of nitrogens with zero attached hydrogens (tertiary/aromatic N) is 2. The molecule has 0 radical (unpaired) electrons. The minimum absolute atomic E-state index is 0.267. The van der Waals surface area contributed by atoms with Crippen molar-refractivity contribution in [1.29, 1.82) is 0 Å². The zero-order valence-electron chi connectivity index (χ0n) is 13.8. The van der Waals surface area contributed by atoms with E-state index in [0.29, 0.717) is 16.5 Å². The van der Waals surface area contributed by atoms with Gasteiger partial charge in [0.2, 0.25) is 0 Å². The average Bonchev–Trinajstić information content (AvgIpc) is 3.17. The van der Waals surface area contributed by atoms with Crippen LogP contribution in [0.4, 0.5) is 5.69 Å². The lowest BCUT2D eigenvalue weighted by Crippen LogP contribution is -2.11. The fourth-order valence-corrected chi connectivity index (χ4v) is 2.56. The number of hydrogen-bond donors (Lipinski definition) is 1. The third-order valence-corrected chi connectivity index (χ3v) is 4.35. The summed E-state index contributed by atoms with van der Waals surface area (Å²) in [6.45, 7) is 5.76. The monoisotopic (exact) mass is 343 g/mol. The van der Waals surface area contributed by atoms with Crippen LogP contribution in [0.2, 0.25) is 5.02 Å². The highest BCUT2D eigenvalue weighted by Gasteiger charge is 2.13. The minimum atomic E-state index is -0.267. The van der Waals surface area contributed by atoms with Gasteiger partial charge in [0.25, 0.3) is 5.91 Å². The molecule has 3 rings (SSSR count). The number of hydrogen-bond acceptors (Lipinski definition) is 3. The molecule has 0 unspecified atom stereocenters. The molecule has 0 bridgehead atoms. The van der Waals surface area contributed by atoms with Gasteiger partial charge in [-0.25, -0.2) is 4.68 Å². The Morgan fingerprint density at radius 2 is 1.92 bits per heavy atom. The van der Waals surface area contributed by atoms with E-state index in [4.69, 9.17) is 16.0 Å². The van der Waals surface area contributed by atoms with Crippen molar-refractivity contribution in [2.75, 3.05) is 5.32 Å². The van der Waals surface area contributed by atoms with Gasteiger partial charge in [0.05, 0.1) is 22.1 Å². The van der Waals surface area contributed by atoms with Crippen LogP contribution in [0.25, 0.3) is 5.69 Å². The van der Waals surface area contributed by atoms with Gasteiger partial charge in [-0.3, -0.25) is 4.79 Å². The number of anilines is 1. The highest BCUT2D eigenvalue weighted by atomic mass is 35.5. The SMILES string of the molecule is CCc1ccc(C(=O)Nc2ccc(-n3nc(C)c(Cl)c3C)cc2)o1. The van der Waals surface area contributed by atoms with Gasteiger partial charge < -0.3 is 9.73 Å². The summed E-state index contributed by atoms with van der Waals surface area (Å²) in [6.07, 6.45) is 0.757. The zero-order valence-corrected chi connectivity index (χ0v) is 14.5. The summed E-state index contributed by atoms with van der Waals surface area (Å²) in [7, 11) is 0. The van der Waals surface area contributed by atoms with Crippen molar-refractivity contribution in [3.63, 3.8) is 0 Å². The van der Waals surface area contributed by atoms with Gasteiger partial charge >= 0.3 is 0 Å². The van der Waals surface area contributed by atoms with Gasteiger partial charge in [0.1, 0.15) is 5.76 Å². The Bertz CT molecular complexity index is 878. The molecular weight excluding hydrogens is 326 g/mol. The molecule has 1 N–H and O–H groups in total. The van der Waals surface area contributed by atoms with E-state index in [2.05, 4.69) is 10.4 Å². The van der Waals surface area contributed by atoms with Crippen LogP contribution in [-0.4, -0.2) is 15.7 Å². The van der Waals surface area contributed by atoms with E-state index in [1.165, 1.54) is 0 Å². The molecule has 0 saturated heterocycles. The normalized spacial score (nSPS) is 10.8. The van der Waals surface area contributed by atoms with Crippen LogP contribution in [0, 0.1) is 13.8 Å². The van der Waals surface area contributed by atoms with E-state index >= 15 is 0 Å². The van der Waals surface area contributed by atoms with Crippen molar-refractivity contribution in [3.05, 3.63) is 64.3 Å². The number of benzene rings is 1. The summed E-state index contributed by atoms with van der Waals surface area (Å²) in [5.41, 5.74) is 3.24. The molecule has 1 aromatic carbocycles. The predicted molar refractivity (Wildman–Crippen MR) is 94.1 cm³/mol. The molecule has 6 heteroatoms. The first kappa shape index (κ1) is 16.3. The maximum absolute atomic E-state index is 12.2. The molecule has 1 amide bonds. The second-order valence-electron chi connectivity index (χ2n) is 5.52. The molecule has 3 aromatic rings. The largest absolute Gasteiger partial charge is 0.456 e. The number of halogens is 1. The van der Waals surface area contributed by atoms with E-state index in [9.17, 15) is 4.79 Å². The first-order valence-electron chi connectivity index (χ1n) is 7.71. The number of carbonyl (C=O) groups is 1. The van der Waals surface area contributed by atoms with Crippen molar-refractivity contribution in [3.8, 4) is 5.69 Å². The third-order valence-electron chi connectivity index (χ3n) is 3.81. The van der Waals surface area contributed by atoms with Crippen molar-refractivity contribution >= 4 is 23.2 Å². The topological polar surface area (TPSA) is 60.1 Å². The van der Waals surface area contributed by atoms with E-state index in [0.717, 1.165) is 29.3 Å². The number of furan rings is 1. The zero-order chi connectivity index (χ0) is 17.3. The molecular formula is C18H18ClN3O2. The van der Waals surface area contributed by atoms with Crippen LogP contribution in [-0.2, 0) is 6.42 Å². The molecule has 0 aliphatic carbocycles. The molecule has 0 atom stereocenters. The Hall–Kier alpha value is -2.53. The minimum Gasteiger partial charge on any atom is -0.456 e. The first-order valence-corrected chi connectivity index (χ1v) is 8.09. The predicted octanol–water partition coefficient (Wildman–Crippen LogP) is 4.55. The van der Waals surface area contributed by atoms with Gasteiger partial charge in [-0.05, 0) is 50.2 Å². The summed E-state index contributed by atoms with van der Waals surface area (Å²) >= 11 is 6.18. The van der Waals surface area contributed by atoms with E-state index in [1.54, 1.807) is 10.7 Å². The van der Waals surface area contributed by atoms with E-state index < -0.39 is 0 Å². The highest BCUT2D eigenvalue weighted by molar-refractivity contribution is 6.31. The number of aromatic nitrogens is 2. The summed E-state index contributed by atoms with van der Waals surface area (Å²) < 4.78 is 7.23. The number of amides is 1. The molecule has 5 nitrogen and oxygen atoms in total. The van der Waals surface area contributed by atoms with Gasteiger partial charge in [0.15, 0.2) is 5.76 Å². The van der Waals surface area contributed by atoms with Gasteiger partial charge in [-0.15, -0.1) is 0 Å². The summed E-state index contributed by atoms with van der Waals surface area (Å²) in [5.74, 6) is 0.828. The molecule has 24 heavy (non-hydrogen) atoms. The van der Waals surface area contributed by atoms with Crippen molar-refractivity contribution in [2.24, 2.45) is 0 Å². The summed E-state index contributed by atoms with van der Waals surface area (Å²) in [6, 6.07) is 10.9. The molecule has 124 valence electrons. The smallest absolute Gasteiger partial charge is 0.291 e. The van der Waals surface area contributed by atoms with Gasteiger partial charge in [-0.1, -0.05) is 18.5 Å². The van der Waals surface area contributed by atoms with Crippen LogP contribution < -0.4 is 5.32 Å². The summed E-state index contributed by atoms with van der Waals surface area (Å²) in [5, 5.41) is 7.89. The second kappa shape index (κ2) is 6.53. The standard InChI is InChI=1S/C18H18ClN3O2/c1-4-15-9-10-16(24-15)18(23)20-13-5-7-14(8-6-13)22-12(3)17(19)11(2)21-22/h5-10H,4H2,1-3H3,(H,20,23). The van der Waals surface area contributed by atoms with Crippen LogP contribution in [0.1, 0.15) is 34.6 Å². The Morgan fingerprint density at radius 1 is 1.21 bits per heavy atom. The first-order chi connectivity index (χ1) is 11.5. The van der Waals surface area contributed by atoms with Gasteiger partial charge in [0, 0.05) is 12.1 Å². The van der Waals surface area contributed by atoms with Crippen LogP contribution in [0.3, 0.4) is 0 Å². The lowest BCUT2D eigenvalue weighted by molar-refractivity contribution is 0.0995. The Kier molecular flexibility index (Phi) is 4.44. The maximum Gasteiger partial charge on any atom is 0.291 e. The molecule has 2 heterocycles. The molecule has 0 aliphatic rings. The summed E-state index contributed by atoms with van der Waals surface area (Å²) in [4.78, 5) is 12.2. The Morgan fingerprint density at radius 3 is 2.46 bits per heavy atom. The van der Waals surface area contributed by atoms with Crippen molar-refractivity contribution in [1.82, 2.24) is 9.78 Å². The van der Waals surface area contributed by atoms with E-state index in [1.807, 2.05) is 51.1 Å². The average molecular weight is 344 g/mol. The van der Waals surface area contributed by atoms with Crippen LogP contribution in [0.5, 0.6) is 0 Å². The fraction of sp³-hybridized carbons (Fsp3) is 0.222. The maximum atomic E-state index is 12.2. The number of aryl methyl sites for hydroxylation is 2. The lowest BCUT2D eigenvalue weighted by atomic mass is 10.2. The fourth-order valence-electron chi connectivity index (χ4n) is 2.44. The Balaban J connectivity index is 1.77. The number of carbonyl (C=O) groups excluding carboxylic acids is 1. The van der Waals surface area contributed by atoms with Gasteiger partial charge in [-0.2, -0.15) is 5.10 Å². The van der Waals surface area contributed by atoms with Crippen LogP contribution >= 0.6 is 11.6 Å². The molecule has 0 aliphatic heterocycles. The lowest BCUT2D eigenvalue weighted by Gasteiger charge is -2.07. The molecule has 0 spiro atoms.